The highest BCUT2D eigenvalue weighted by Gasteiger charge is 2.19. The number of nitrogens with zero attached hydrogens (tertiary/aromatic N) is 2. The van der Waals surface area contributed by atoms with Crippen LogP contribution in [-0.4, -0.2) is 9.38 Å². The van der Waals surface area contributed by atoms with Crippen molar-refractivity contribution in [3.8, 4) is 44.5 Å². The third-order valence-corrected chi connectivity index (χ3v) is 11.2. The maximum absolute atomic E-state index is 5.25. The topological polar surface area (TPSA) is 17.3 Å². The molecule has 0 N–H and O–H groups in total. The quantitative estimate of drug-likeness (QED) is 0.170. The van der Waals surface area contributed by atoms with Crippen molar-refractivity contribution in [3.63, 3.8) is 0 Å². The van der Waals surface area contributed by atoms with Gasteiger partial charge in [-0.15, -0.1) is 0 Å². The number of hydrogen-bond donors (Lipinski definition) is 0. The highest BCUT2D eigenvalue weighted by molar-refractivity contribution is 6.14. The molecule has 0 radical (unpaired) electrons. The number of aryl methyl sites for hydroxylation is 1. The SMILES string of the molecule is C1=Cc2c(nc3c4ccc(-c5ccc(-c6ccc7ccccc7c6)cc5)cc4c4cc(-c5ccc(-c6ccc7ccccc7c6)cc5)ccc4n23)CC1. The van der Waals surface area contributed by atoms with E-state index in [1.165, 1.54) is 99.1 Å². The van der Waals surface area contributed by atoms with Gasteiger partial charge in [-0.25, -0.2) is 4.98 Å². The Balaban J connectivity index is 1.03. The lowest BCUT2D eigenvalue weighted by atomic mass is 9.94. The van der Waals surface area contributed by atoms with Crippen molar-refractivity contribution < 1.29 is 0 Å². The molecule has 2 aromatic heterocycles. The Bertz CT molecular complexity index is 3090. The zero-order valence-electron chi connectivity index (χ0n) is 29.1. The minimum atomic E-state index is 0.972. The molecule has 0 bridgehead atoms. The van der Waals surface area contributed by atoms with E-state index in [1.807, 2.05) is 0 Å². The van der Waals surface area contributed by atoms with Gasteiger partial charge in [-0.3, -0.25) is 4.40 Å². The van der Waals surface area contributed by atoms with Crippen molar-refractivity contribution in [1.82, 2.24) is 9.38 Å². The van der Waals surface area contributed by atoms with E-state index in [1.54, 1.807) is 0 Å². The van der Waals surface area contributed by atoms with Gasteiger partial charge in [0, 0.05) is 10.8 Å². The van der Waals surface area contributed by atoms with Crippen molar-refractivity contribution >= 4 is 54.9 Å². The lowest BCUT2D eigenvalue weighted by Crippen LogP contribution is -1.97. The molecule has 2 heteroatoms. The van der Waals surface area contributed by atoms with Gasteiger partial charge in [0.25, 0.3) is 0 Å². The smallest absolute Gasteiger partial charge is 0.145 e. The fraction of sp³-hybridized carbons (Fsp3) is 0.0392. The number of aromatic nitrogens is 2. The van der Waals surface area contributed by atoms with Crippen molar-refractivity contribution in [2.24, 2.45) is 0 Å². The Morgan fingerprint density at radius 3 is 1.45 bits per heavy atom. The van der Waals surface area contributed by atoms with Crippen LogP contribution in [0.1, 0.15) is 17.8 Å². The van der Waals surface area contributed by atoms with Gasteiger partial charge in [-0.2, -0.15) is 0 Å². The summed E-state index contributed by atoms with van der Waals surface area (Å²) in [5, 5.41) is 8.70. The summed E-state index contributed by atoms with van der Waals surface area (Å²) in [6.45, 7) is 0. The summed E-state index contributed by atoms with van der Waals surface area (Å²) in [7, 11) is 0. The molecule has 8 aromatic carbocycles. The number of benzene rings is 8. The monoisotopic (exact) mass is 674 g/mol. The maximum Gasteiger partial charge on any atom is 0.145 e. The molecule has 11 rings (SSSR count). The molecule has 2 nitrogen and oxygen atoms in total. The zero-order chi connectivity index (χ0) is 34.9. The average molecular weight is 675 g/mol. The third-order valence-electron chi connectivity index (χ3n) is 11.2. The highest BCUT2D eigenvalue weighted by Crippen LogP contribution is 2.38. The molecule has 53 heavy (non-hydrogen) atoms. The van der Waals surface area contributed by atoms with E-state index < -0.39 is 0 Å². The van der Waals surface area contributed by atoms with Crippen LogP contribution in [0.15, 0.2) is 176 Å². The zero-order valence-corrected chi connectivity index (χ0v) is 29.1. The van der Waals surface area contributed by atoms with Crippen LogP contribution in [0.4, 0.5) is 0 Å². The first-order valence-electron chi connectivity index (χ1n) is 18.5. The number of hydrogen-bond acceptors (Lipinski definition) is 1. The van der Waals surface area contributed by atoms with Crippen LogP contribution in [0.5, 0.6) is 0 Å². The van der Waals surface area contributed by atoms with Gasteiger partial charge in [0.05, 0.1) is 16.9 Å². The van der Waals surface area contributed by atoms with Crippen molar-refractivity contribution in [1.29, 1.82) is 0 Å². The molecule has 0 amide bonds. The van der Waals surface area contributed by atoms with E-state index in [9.17, 15) is 0 Å². The van der Waals surface area contributed by atoms with Crippen LogP contribution in [0.25, 0.3) is 99.5 Å². The van der Waals surface area contributed by atoms with Gasteiger partial charge in [0.1, 0.15) is 5.65 Å². The van der Waals surface area contributed by atoms with Gasteiger partial charge in [-0.05, 0) is 127 Å². The predicted molar refractivity (Wildman–Crippen MR) is 224 cm³/mol. The summed E-state index contributed by atoms with van der Waals surface area (Å²) in [5.74, 6) is 0. The second-order valence-corrected chi connectivity index (χ2v) is 14.3. The van der Waals surface area contributed by atoms with E-state index in [-0.39, 0.29) is 0 Å². The Morgan fingerprint density at radius 1 is 0.396 bits per heavy atom. The number of imidazole rings is 1. The lowest BCUT2D eigenvalue weighted by molar-refractivity contribution is 0.943. The Kier molecular flexibility index (Phi) is 6.72. The number of rotatable bonds is 4. The summed E-state index contributed by atoms with van der Waals surface area (Å²) >= 11 is 0. The maximum atomic E-state index is 5.25. The fourth-order valence-corrected chi connectivity index (χ4v) is 8.39. The summed E-state index contributed by atoms with van der Waals surface area (Å²) in [5.41, 5.74) is 14.3. The van der Waals surface area contributed by atoms with E-state index in [4.69, 9.17) is 4.98 Å². The van der Waals surface area contributed by atoms with Crippen LogP contribution >= 0.6 is 0 Å². The molecule has 0 aliphatic heterocycles. The number of fused-ring (bicyclic) bond motifs is 10. The summed E-state index contributed by atoms with van der Waals surface area (Å²) in [6.07, 6.45) is 6.54. The largest absolute Gasteiger partial charge is 0.292 e. The minimum Gasteiger partial charge on any atom is -0.292 e. The molecular formula is C51H34N2. The third kappa shape index (κ3) is 4.98. The lowest BCUT2D eigenvalue weighted by Gasteiger charge is -2.14. The van der Waals surface area contributed by atoms with Crippen molar-refractivity contribution in [3.05, 3.63) is 187 Å². The molecule has 2 heterocycles. The molecule has 0 spiro atoms. The average Bonchev–Trinajstić information content (AvgIpc) is 3.63. The van der Waals surface area contributed by atoms with E-state index in [0.717, 1.165) is 18.5 Å². The summed E-state index contributed by atoms with van der Waals surface area (Å²) in [4.78, 5) is 5.25. The first-order valence-corrected chi connectivity index (χ1v) is 18.5. The molecule has 0 saturated carbocycles. The summed E-state index contributed by atoms with van der Waals surface area (Å²) in [6, 6.07) is 62.4. The molecule has 0 saturated heterocycles. The van der Waals surface area contributed by atoms with E-state index in [0.29, 0.717) is 0 Å². The van der Waals surface area contributed by atoms with E-state index in [2.05, 4.69) is 186 Å². The molecule has 1 aliphatic carbocycles. The van der Waals surface area contributed by atoms with Crippen LogP contribution in [-0.2, 0) is 6.42 Å². The normalized spacial score (nSPS) is 12.7. The van der Waals surface area contributed by atoms with Crippen LogP contribution in [0.2, 0.25) is 0 Å². The molecule has 0 fully saturated rings. The van der Waals surface area contributed by atoms with Crippen LogP contribution < -0.4 is 0 Å². The van der Waals surface area contributed by atoms with Gasteiger partial charge in [0.15, 0.2) is 0 Å². The standard InChI is InChI=1S/C51H34N2/c1-3-9-39-29-41(23-21-33(39)7-1)35-13-17-37(18-14-35)43-25-27-45-46(31-43)47-32-44(26-28-49(47)53-50-12-6-5-11-48(50)52-51(45)53)38-19-15-36(16-20-38)42-24-22-34-8-2-4-10-40(34)30-42/h1-4,6-10,12-32H,5,11H2. The first-order chi connectivity index (χ1) is 26.2. The van der Waals surface area contributed by atoms with Crippen molar-refractivity contribution in [2.45, 2.75) is 12.8 Å². The number of pyridine rings is 1. The van der Waals surface area contributed by atoms with E-state index >= 15 is 0 Å². The molecule has 248 valence electrons. The predicted octanol–water partition coefficient (Wildman–Crippen LogP) is 13.6. The summed E-state index contributed by atoms with van der Waals surface area (Å²) < 4.78 is 2.38. The fourth-order valence-electron chi connectivity index (χ4n) is 8.39. The van der Waals surface area contributed by atoms with Gasteiger partial charge < -0.3 is 0 Å². The first kappa shape index (κ1) is 29.9. The van der Waals surface area contributed by atoms with Crippen LogP contribution in [0.3, 0.4) is 0 Å². The Morgan fingerprint density at radius 2 is 0.868 bits per heavy atom. The molecule has 0 unspecified atom stereocenters. The molecule has 1 aliphatic rings. The highest BCUT2D eigenvalue weighted by atomic mass is 15.0. The second kappa shape index (κ2) is 11.9. The number of allylic oxidation sites excluding steroid dienone is 1. The van der Waals surface area contributed by atoms with Gasteiger partial charge in [0.2, 0.25) is 0 Å². The molecule has 10 aromatic rings. The molecule has 0 atom stereocenters. The second-order valence-electron chi connectivity index (χ2n) is 14.3. The minimum absolute atomic E-state index is 0.972. The van der Waals surface area contributed by atoms with Gasteiger partial charge in [-0.1, -0.05) is 140 Å². The Labute approximate surface area is 307 Å². The van der Waals surface area contributed by atoms with Crippen LogP contribution in [0, 0.1) is 0 Å². The molecular weight excluding hydrogens is 641 g/mol. The van der Waals surface area contributed by atoms with Gasteiger partial charge >= 0.3 is 0 Å². The van der Waals surface area contributed by atoms with Crippen molar-refractivity contribution in [2.75, 3.05) is 0 Å². The Hall–Kier alpha value is -6.77.